The van der Waals surface area contributed by atoms with Crippen molar-refractivity contribution >= 4 is 111 Å². The summed E-state index contributed by atoms with van der Waals surface area (Å²) in [5.74, 6) is 0. The van der Waals surface area contributed by atoms with E-state index in [1.807, 2.05) is 24.3 Å². The standard InChI is InChI=1S/C76H49N3O2/c1-2-16-50(17-3-1)51-32-39-56(40-33-51)77(57-41-34-52(35-42-57)55-38-45-75-69(46-55)67-24-9-12-30-73(67)80-75)59-47-60(49-61(48-59)79-71-27-10-6-21-64(71)65-22-7-11-28-72(65)79)78(70-29-14-19-53-18-4-5-20-62(53)70)58-43-36-54(37-44-58)63-25-15-26-68-66-23-8-13-31-74(66)81-76(63)68/h1-49H. The van der Waals surface area contributed by atoms with E-state index in [2.05, 4.69) is 287 Å². The molecule has 380 valence electrons. The monoisotopic (exact) mass is 1040 g/mol. The zero-order chi connectivity index (χ0) is 53.4. The molecule has 0 aliphatic heterocycles. The molecular formula is C76H49N3O2. The van der Waals surface area contributed by atoms with Crippen LogP contribution in [0.15, 0.2) is 306 Å². The molecule has 16 aromatic rings. The normalized spacial score (nSPS) is 11.7. The Hall–Kier alpha value is -10.9. The summed E-state index contributed by atoms with van der Waals surface area (Å²) in [6.45, 7) is 0. The van der Waals surface area contributed by atoms with Crippen molar-refractivity contribution in [1.82, 2.24) is 4.57 Å². The molecule has 3 heterocycles. The van der Waals surface area contributed by atoms with Gasteiger partial charge in [-0.25, -0.2) is 0 Å². The van der Waals surface area contributed by atoms with Crippen LogP contribution in [-0.4, -0.2) is 4.57 Å². The average molecular weight is 1040 g/mol. The van der Waals surface area contributed by atoms with Gasteiger partial charge in [-0.2, -0.15) is 0 Å². The molecule has 0 aliphatic carbocycles. The summed E-state index contributed by atoms with van der Waals surface area (Å²) in [5, 5.41) is 9.15. The van der Waals surface area contributed by atoms with E-state index in [4.69, 9.17) is 8.83 Å². The summed E-state index contributed by atoms with van der Waals surface area (Å²) in [6, 6.07) is 107. The first kappa shape index (κ1) is 46.2. The fourth-order valence-electron chi connectivity index (χ4n) is 12.4. The number of anilines is 6. The average Bonchev–Trinajstić information content (AvgIpc) is 4.25. The van der Waals surface area contributed by atoms with E-state index >= 15 is 0 Å². The van der Waals surface area contributed by atoms with Crippen molar-refractivity contribution in [1.29, 1.82) is 0 Å². The largest absolute Gasteiger partial charge is 0.456 e. The molecule has 0 unspecified atom stereocenters. The van der Waals surface area contributed by atoms with Gasteiger partial charge < -0.3 is 23.2 Å². The van der Waals surface area contributed by atoms with Crippen molar-refractivity contribution in [3.63, 3.8) is 0 Å². The predicted molar refractivity (Wildman–Crippen MR) is 339 cm³/mol. The number of para-hydroxylation sites is 5. The maximum atomic E-state index is 6.58. The highest BCUT2D eigenvalue weighted by Gasteiger charge is 2.24. The molecule has 0 aliphatic rings. The molecule has 0 amide bonds. The second kappa shape index (κ2) is 18.9. The Kier molecular flexibility index (Phi) is 10.8. The Labute approximate surface area is 467 Å². The molecule has 16 rings (SSSR count). The van der Waals surface area contributed by atoms with E-state index in [-0.39, 0.29) is 0 Å². The molecule has 5 heteroatoms. The number of furan rings is 2. The minimum Gasteiger partial charge on any atom is -0.456 e. The zero-order valence-electron chi connectivity index (χ0n) is 43.9. The second-order valence-corrected chi connectivity index (χ2v) is 20.8. The van der Waals surface area contributed by atoms with Crippen LogP contribution in [0.5, 0.6) is 0 Å². The highest BCUT2D eigenvalue weighted by molar-refractivity contribution is 6.11. The summed E-state index contributed by atoms with van der Waals surface area (Å²) >= 11 is 0. The quantitative estimate of drug-likeness (QED) is 0.137. The van der Waals surface area contributed by atoms with Gasteiger partial charge in [0.05, 0.1) is 33.8 Å². The van der Waals surface area contributed by atoms with Crippen LogP contribution in [0.4, 0.5) is 34.1 Å². The van der Waals surface area contributed by atoms with Gasteiger partial charge in [0.1, 0.15) is 22.3 Å². The summed E-state index contributed by atoms with van der Waals surface area (Å²) in [5.41, 5.74) is 19.7. The Morgan fingerprint density at radius 3 is 1.42 bits per heavy atom. The topological polar surface area (TPSA) is 37.7 Å². The smallest absolute Gasteiger partial charge is 0.143 e. The first-order valence-corrected chi connectivity index (χ1v) is 27.5. The lowest BCUT2D eigenvalue weighted by Gasteiger charge is -2.31. The Morgan fingerprint density at radius 1 is 0.259 bits per heavy atom. The number of hydrogen-bond donors (Lipinski definition) is 0. The van der Waals surface area contributed by atoms with E-state index in [1.54, 1.807) is 0 Å². The highest BCUT2D eigenvalue weighted by atomic mass is 16.3. The molecule has 0 saturated heterocycles. The SMILES string of the molecule is c1ccc(-c2ccc(N(c3ccc(-c4ccc5oc6ccccc6c5c4)cc3)c3cc(N(c4ccc(-c5cccc6c5oc5ccccc56)cc4)c4cccc5ccccc45)cc(-n4c5ccccc5c5ccccc54)c3)cc2)cc1. The van der Waals surface area contributed by atoms with Crippen LogP contribution in [-0.2, 0) is 0 Å². The summed E-state index contributed by atoms with van der Waals surface area (Å²) < 4.78 is 15.3. The molecule has 0 spiro atoms. The van der Waals surface area contributed by atoms with Crippen LogP contribution in [0.25, 0.3) is 116 Å². The molecule has 13 aromatic carbocycles. The third-order valence-electron chi connectivity index (χ3n) is 16.2. The minimum absolute atomic E-state index is 0.884. The predicted octanol–water partition coefficient (Wildman–Crippen LogP) is 21.7. The van der Waals surface area contributed by atoms with E-state index in [0.717, 1.165) is 133 Å². The lowest BCUT2D eigenvalue weighted by molar-refractivity contribution is 0.669. The number of hydrogen-bond acceptors (Lipinski definition) is 4. The van der Waals surface area contributed by atoms with Gasteiger partial charge in [-0.15, -0.1) is 0 Å². The number of nitrogens with zero attached hydrogens (tertiary/aromatic N) is 3. The van der Waals surface area contributed by atoms with Crippen LogP contribution in [0.3, 0.4) is 0 Å². The van der Waals surface area contributed by atoms with Gasteiger partial charge in [-0.05, 0) is 130 Å². The second-order valence-electron chi connectivity index (χ2n) is 20.8. The molecule has 0 fully saturated rings. The fourth-order valence-corrected chi connectivity index (χ4v) is 12.4. The first-order chi connectivity index (χ1) is 40.1. The molecule has 0 atom stereocenters. The van der Waals surface area contributed by atoms with Crippen molar-refractivity contribution in [3.8, 4) is 39.1 Å². The summed E-state index contributed by atoms with van der Waals surface area (Å²) in [7, 11) is 0. The van der Waals surface area contributed by atoms with Crippen LogP contribution in [0, 0.1) is 0 Å². The van der Waals surface area contributed by atoms with Gasteiger partial charge in [-0.1, -0.05) is 200 Å². The third kappa shape index (κ3) is 7.85. The molecule has 5 nitrogen and oxygen atoms in total. The Bertz CT molecular complexity index is 4990. The lowest BCUT2D eigenvalue weighted by atomic mass is 10.0. The van der Waals surface area contributed by atoms with E-state index in [1.165, 1.54) is 16.3 Å². The number of fused-ring (bicyclic) bond motifs is 10. The molecule has 0 N–H and O–H groups in total. The highest BCUT2D eigenvalue weighted by Crippen LogP contribution is 2.47. The van der Waals surface area contributed by atoms with Gasteiger partial charge in [0.15, 0.2) is 0 Å². The molecule has 0 bridgehead atoms. The minimum atomic E-state index is 0.884. The first-order valence-electron chi connectivity index (χ1n) is 27.5. The number of benzene rings is 13. The van der Waals surface area contributed by atoms with Crippen molar-refractivity contribution in [2.75, 3.05) is 9.80 Å². The Morgan fingerprint density at radius 2 is 0.728 bits per heavy atom. The van der Waals surface area contributed by atoms with Gasteiger partial charge in [-0.3, -0.25) is 0 Å². The molecule has 3 aromatic heterocycles. The lowest BCUT2D eigenvalue weighted by Crippen LogP contribution is -2.14. The van der Waals surface area contributed by atoms with Gasteiger partial charge in [0, 0.05) is 60.3 Å². The van der Waals surface area contributed by atoms with E-state index < -0.39 is 0 Å². The molecule has 0 saturated carbocycles. The zero-order valence-corrected chi connectivity index (χ0v) is 43.9. The maximum Gasteiger partial charge on any atom is 0.143 e. The fraction of sp³-hybridized carbons (Fsp3) is 0. The van der Waals surface area contributed by atoms with Gasteiger partial charge in [0.2, 0.25) is 0 Å². The van der Waals surface area contributed by atoms with Crippen LogP contribution in [0.2, 0.25) is 0 Å². The van der Waals surface area contributed by atoms with Crippen LogP contribution < -0.4 is 9.80 Å². The Balaban J connectivity index is 0.922. The van der Waals surface area contributed by atoms with E-state index in [0.29, 0.717) is 0 Å². The third-order valence-corrected chi connectivity index (χ3v) is 16.2. The van der Waals surface area contributed by atoms with Crippen molar-refractivity contribution in [2.24, 2.45) is 0 Å². The number of aromatic nitrogens is 1. The summed E-state index contributed by atoms with van der Waals surface area (Å²) in [4.78, 5) is 4.84. The van der Waals surface area contributed by atoms with Crippen LogP contribution >= 0.6 is 0 Å². The summed E-state index contributed by atoms with van der Waals surface area (Å²) in [6.07, 6.45) is 0. The van der Waals surface area contributed by atoms with Gasteiger partial charge >= 0.3 is 0 Å². The van der Waals surface area contributed by atoms with Gasteiger partial charge in [0.25, 0.3) is 0 Å². The van der Waals surface area contributed by atoms with E-state index in [9.17, 15) is 0 Å². The maximum absolute atomic E-state index is 6.58. The van der Waals surface area contributed by atoms with Crippen molar-refractivity contribution < 1.29 is 8.83 Å². The van der Waals surface area contributed by atoms with Crippen LogP contribution in [0.1, 0.15) is 0 Å². The number of rotatable bonds is 10. The molecular weight excluding hydrogens is 987 g/mol. The van der Waals surface area contributed by atoms with Crippen molar-refractivity contribution in [2.45, 2.75) is 0 Å². The molecule has 0 radical (unpaired) electrons. The molecule has 81 heavy (non-hydrogen) atoms. The van der Waals surface area contributed by atoms with Crippen molar-refractivity contribution in [3.05, 3.63) is 297 Å².